The molecule has 0 saturated carbocycles. The minimum Gasteiger partial charge on any atom is -0.451 e. The van der Waals surface area contributed by atoms with Crippen LogP contribution in [0.15, 0.2) is 199 Å². The maximum atomic E-state index is 6.97. The van der Waals surface area contributed by atoms with Crippen LogP contribution in [0.25, 0.3) is 110 Å². The first kappa shape index (κ1) is 31.2. The molecule has 0 fully saturated rings. The number of benzene rings is 9. The van der Waals surface area contributed by atoms with Crippen molar-refractivity contribution >= 4 is 54.4 Å². The SMILES string of the molecule is c1ccc(-c2cc(-c3cccc(-c4ccc5c6ccccc6c6ccccc6c5c4)c3)c3oc4c(-c5ccccc5)nc(-c5ccccc5)nc4c3c2)cc1. The average molecular weight is 701 g/mol. The summed E-state index contributed by atoms with van der Waals surface area (Å²) < 4.78 is 6.97. The van der Waals surface area contributed by atoms with Crippen molar-refractivity contribution in [2.24, 2.45) is 0 Å². The fraction of sp³-hybridized carbons (Fsp3) is 0. The smallest absolute Gasteiger partial charge is 0.180 e. The minimum absolute atomic E-state index is 0.667. The van der Waals surface area contributed by atoms with Gasteiger partial charge in [-0.05, 0) is 84.4 Å². The highest BCUT2D eigenvalue weighted by Gasteiger charge is 2.22. The van der Waals surface area contributed by atoms with Crippen molar-refractivity contribution in [2.45, 2.75) is 0 Å². The Morgan fingerprint density at radius 1 is 0.291 bits per heavy atom. The van der Waals surface area contributed by atoms with Crippen LogP contribution < -0.4 is 0 Å². The quantitative estimate of drug-likeness (QED) is 0.168. The molecule has 55 heavy (non-hydrogen) atoms. The first-order valence-electron chi connectivity index (χ1n) is 18.7. The van der Waals surface area contributed by atoms with Gasteiger partial charge < -0.3 is 4.42 Å². The summed E-state index contributed by atoms with van der Waals surface area (Å²) in [7, 11) is 0. The van der Waals surface area contributed by atoms with E-state index in [-0.39, 0.29) is 0 Å². The van der Waals surface area contributed by atoms with Gasteiger partial charge in [0.25, 0.3) is 0 Å². The molecule has 0 saturated heterocycles. The Bertz CT molecular complexity index is 3210. The van der Waals surface area contributed by atoms with E-state index in [0.717, 1.165) is 61.1 Å². The second kappa shape index (κ2) is 12.6. The second-order valence-electron chi connectivity index (χ2n) is 14.1. The van der Waals surface area contributed by atoms with Gasteiger partial charge in [0.05, 0.1) is 0 Å². The van der Waals surface area contributed by atoms with Gasteiger partial charge >= 0.3 is 0 Å². The number of fused-ring (bicyclic) bond motifs is 9. The van der Waals surface area contributed by atoms with Gasteiger partial charge in [0.2, 0.25) is 0 Å². The third kappa shape index (κ3) is 5.20. The molecule has 3 heteroatoms. The van der Waals surface area contributed by atoms with E-state index >= 15 is 0 Å². The normalized spacial score (nSPS) is 11.6. The van der Waals surface area contributed by atoms with E-state index in [1.807, 2.05) is 36.4 Å². The van der Waals surface area contributed by atoms with Crippen LogP contribution in [0.5, 0.6) is 0 Å². The van der Waals surface area contributed by atoms with Gasteiger partial charge in [-0.2, -0.15) is 0 Å². The van der Waals surface area contributed by atoms with Crippen molar-refractivity contribution in [2.75, 3.05) is 0 Å². The minimum atomic E-state index is 0.667. The first-order chi connectivity index (χ1) is 27.3. The summed E-state index contributed by atoms with van der Waals surface area (Å²) in [5.74, 6) is 0.667. The van der Waals surface area contributed by atoms with Crippen molar-refractivity contribution in [3.63, 3.8) is 0 Å². The molecule has 0 aliphatic rings. The molecule has 2 aromatic heterocycles. The van der Waals surface area contributed by atoms with Crippen molar-refractivity contribution in [3.8, 4) is 56.0 Å². The summed E-state index contributed by atoms with van der Waals surface area (Å²) in [6.07, 6.45) is 0. The molecule has 0 bridgehead atoms. The van der Waals surface area contributed by atoms with E-state index in [9.17, 15) is 0 Å². The van der Waals surface area contributed by atoms with Crippen LogP contribution in [0.1, 0.15) is 0 Å². The molecule has 0 radical (unpaired) electrons. The summed E-state index contributed by atoms with van der Waals surface area (Å²) >= 11 is 0. The maximum absolute atomic E-state index is 6.97. The summed E-state index contributed by atoms with van der Waals surface area (Å²) in [5, 5.41) is 8.56. The lowest BCUT2D eigenvalue weighted by Gasteiger charge is -2.13. The lowest BCUT2D eigenvalue weighted by Crippen LogP contribution is -1.93. The highest BCUT2D eigenvalue weighted by atomic mass is 16.3. The molecule has 11 aromatic rings. The highest BCUT2D eigenvalue weighted by Crippen LogP contribution is 2.43. The summed E-state index contributed by atoms with van der Waals surface area (Å²) in [6, 6.07) is 68.7. The van der Waals surface area contributed by atoms with Gasteiger partial charge in [-0.25, -0.2) is 9.97 Å². The van der Waals surface area contributed by atoms with Gasteiger partial charge in [-0.15, -0.1) is 0 Å². The Balaban J connectivity index is 1.16. The molecule has 0 spiro atoms. The molecular formula is C52H32N2O. The fourth-order valence-corrected chi connectivity index (χ4v) is 8.22. The molecule has 256 valence electrons. The average Bonchev–Trinajstić information content (AvgIpc) is 3.65. The van der Waals surface area contributed by atoms with E-state index in [2.05, 4.69) is 158 Å². The van der Waals surface area contributed by atoms with Crippen molar-refractivity contribution in [3.05, 3.63) is 194 Å². The van der Waals surface area contributed by atoms with Gasteiger partial charge in [0, 0.05) is 22.1 Å². The standard InChI is InChI=1S/C52H32N2O/c1-4-15-33(16-5-1)39-31-45(50-47(32-39)49-51(55-50)48(34-17-6-2-7-18-34)53-52(54-49)35-19-8-3-9-20-35)38-22-14-21-36(29-38)37-27-28-44-42-25-11-10-23-40(42)41-24-12-13-26-43(41)46(44)30-37/h1-32H. The molecular weight excluding hydrogens is 669 g/mol. The van der Waals surface area contributed by atoms with Gasteiger partial charge in [0.15, 0.2) is 11.4 Å². The number of nitrogens with zero attached hydrogens (tertiary/aromatic N) is 2. The Hall–Kier alpha value is -7.36. The molecule has 11 rings (SSSR count). The third-order valence-corrected chi connectivity index (χ3v) is 10.9. The summed E-state index contributed by atoms with van der Waals surface area (Å²) in [5.41, 5.74) is 11.6. The summed E-state index contributed by atoms with van der Waals surface area (Å²) in [6.45, 7) is 0. The number of hydrogen-bond donors (Lipinski definition) is 0. The largest absolute Gasteiger partial charge is 0.451 e. The van der Waals surface area contributed by atoms with Crippen LogP contribution in [0, 0.1) is 0 Å². The van der Waals surface area contributed by atoms with Gasteiger partial charge in [0.1, 0.15) is 16.8 Å². The molecule has 0 unspecified atom stereocenters. The molecule has 0 aliphatic heterocycles. The zero-order valence-corrected chi connectivity index (χ0v) is 29.8. The third-order valence-electron chi connectivity index (χ3n) is 10.9. The Morgan fingerprint density at radius 3 is 1.47 bits per heavy atom. The summed E-state index contributed by atoms with van der Waals surface area (Å²) in [4.78, 5) is 10.4. The lowest BCUT2D eigenvalue weighted by atomic mass is 9.91. The maximum Gasteiger partial charge on any atom is 0.180 e. The number of rotatable bonds is 5. The van der Waals surface area contributed by atoms with Crippen LogP contribution in [0.3, 0.4) is 0 Å². The van der Waals surface area contributed by atoms with E-state index in [4.69, 9.17) is 14.4 Å². The number of furan rings is 1. The highest BCUT2D eigenvalue weighted by molar-refractivity contribution is 6.25. The molecule has 0 atom stereocenters. The Labute approximate surface area is 317 Å². The zero-order chi connectivity index (χ0) is 36.3. The van der Waals surface area contributed by atoms with Crippen molar-refractivity contribution in [1.82, 2.24) is 9.97 Å². The lowest BCUT2D eigenvalue weighted by molar-refractivity contribution is 0.668. The van der Waals surface area contributed by atoms with Gasteiger partial charge in [-0.3, -0.25) is 0 Å². The van der Waals surface area contributed by atoms with Crippen LogP contribution in [0.4, 0.5) is 0 Å². The molecule has 0 amide bonds. The topological polar surface area (TPSA) is 38.9 Å². The van der Waals surface area contributed by atoms with Crippen LogP contribution in [-0.2, 0) is 0 Å². The number of hydrogen-bond acceptors (Lipinski definition) is 3. The van der Waals surface area contributed by atoms with E-state index < -0.39 is 0 Å². The van der Waals surface area contributed by atoms with E-state index in [1.165, 1.54) is 37.9 Å². The van der Waals surface area contributed by atoms with Crippen LogP contribution in [-0.4, -0.2) is 9.97 Å². The van der Waals surface area contributed by atoms with Gasteiger partial charge in [-0.1, -0.05) is 170 Å². The van der Waals surface area contributed by atoms with E-state index in [1.54, 1.807) is 0 Å². The van der Waals surface area contributed by atoms with E-state index in [0.29, 0.717) is 11.4 Å². The predicted octanol–water partition coefficient (Wildman–Crippen LogP) is 14.2. The van der Waals surface area contributed by atoms with Crippen LogP contribution >= 0.6 is 0 Å². The monoisotopic (exact) mass is 700 g/mol. The van der Waals surface area contributed by atoms with Crippen LogP contribution in [0.2, 0.25) is 0 Å². The number of aromatic nitrogens is 2. The molecule has 3 nitrogen and oxygen atoms in total. The van der Waals surface area contributed by atoms with Crippen molar-refractivity contribution in [1.29, 1.82) is 0 Å². The zero-order valence-electron chi connectivity index (χ0n) is 29.8. The Morgan fingerprint density at radius 2 is 0.800 bits per heavy atom. The second-order valence-corrected chi connectivity index (χ2v) is 14.1. The first-order valence-corrected chi connectivity index (χ1v) is 18.7. The van der Waals surface area contributed by atoms with Crippen molar-refractivity contribution < 1.29 is 4.42 Å². The molecule has 0 aliphatic carbocycles. The molecule has 9 aromatic carbocycles. The Kier molecular flexibility index (Phi) is 7.17. The molecule has 2 heterocycles. The molecule has 0 N–H and O–H groups in total. The predicted molar refractivity (Wildman–Crippen MR) is 229 cm³/mol. The fourth-order valence-electron chi connectivity index (χ4n) is 8.22.